The number of thioether (sulfide) groups is 1. The molecule has 1 aromatic carbocycles. The van der Waals surface area contributed by atoms with Crippen LogP contribution in [0.4, 0.5) is 0 Å². The molecule has 1 amide bonds. The lowest BCUT2D eigenvalue weighted by atomic mass is 10.1. The molecule has 4 heteroatoms. The fourth-order valence-corrected chi connectivity index (χ4v) is 1.96. The molecule has 3 nitrogen and oxygen atoms in total. The number of benzene rings is 1. The second-order valence-corrected chi connectivity index (χ2v) is 5.78. The number of hydrogen-bond acceptors (Lipinski definition) is 3. The molecule has 0 bridgehead atoms. The van der Waals surface area contributed by atoms with Crippen LogP contribution in [0.2, 0.25) is 0 Å². The molecular weight excluding hydrogens is 244 g/mol. The first-order valence-electron chi connectivity index (χ1n) is 6.06. The van der Waals surface area contributed by atoms with Gasteiger partial charge in [-0.15, -0.1) is 0 Å². The Morgan fingerprint density at radius 1 is 1.33 bits per heavy atom. The van der Waals surface area contributed by atoms with Crippen molar-refractivity contribution in [3.05, 3.63) is 35.4 Å². The van der Waals surface area contributed by atoms with Crippen molar-refractivity contribution in [2.24, 2.45) is 0 Å². The molecule has 1 rings (SSSR count). The Morgan fingerprint density at radius 3 is 2.50 bits per heavy atom. The van der Waals surface area contributed by atoms with Gasteiger partial charge in [-0.1, -0.05) is 24.3 Å². The third-order valence-electron chi connectivity index (χ3n) is 2.78. The molecule has 0 saturated heterocycles. The minimum Gasteiger partial charge on any atom is -0.351 e. The summed E-state index contributed by atoms with van der Waals surface area (Å²) in [6.07, 6.45) is 1.95. The van der Waals surface area contributed by atoms with Gasteiger partial charge in [0.25, 0.3) is 0 Å². The molecule has 1 N–H and O–H groups in total. The van der Waals surface area contributed by atoms with E-state index in [1.54, 1.807) is 11.8 Å². The standard InChI is InChI=1S/C14H22N2OS/c1-11(18-4)14(17)15-9-12-7-5-6-8-13(12)10-16(2)3/h5-8,11H,9-10H2,1-4H3,(H,15,17)/t11-/m1/s1. The zero-order chi connectivity index (χ0) is 13.5. The maximum absolute atomic E-state index is 11.7. The first-order valence-corrected chi connectivity index (χ1v) is 7.35. The monoisotopic (exact) mass is 266 g/mol. The molecule has 0 aliphatic heterocycles. The van der Waals surface area contributed by atoms with Crippen LogP contribution in [0.3, 0.4) is 0 Å². The smallest absolute Gasteiger partial charge is 0.233 e. The van der Waals surface area contributed by atoms with E-state index in [9.17, 15) is 4.79 Å². The van der Waals surface area contributed by atoms with Crippen molar-refractivity contribution in [2.45, 2.75) is 25.3 Å². The van der Waals surface area contributed by atoms with Crippen LogP contribution in [0, 0.1) is 0 Å². The van der Waals surface area contributed by atoms with Gasteiger partial charge in [-0.3, -0.25) is 4.79 Å². The molecule has 0 spiro atoms. The van der Waals surface area contributed by atoms with E-state index >= 15 is 0 Å². The van der Waals surface area contributed by atoms with Gasteiger partial charge < -0.3 is 10.2 Å². The average molecular weight is 266 g/mol. The predicted octanol–water partition coefficient (Wildman–Crippen LogP) is 2.12. The quantitative estimate of drug-likeness (QED) is 0.856. The van der Waals surface area contributed by atoms with Crippen molar-refractivity contribution in [2.75, 3.05) is 20.4 Å². The molecule has 0 saturated carbocycles. The SMILES string of the molecule is CS[C@H](C)C(=O)NCc1ccccc1CN(C)C. The Balaban J connectivity index is 2.64. The maximum Gasteiger partial charge on any atom is 0.233 e. The van der Waals surface area contributed by atoms with Crippen LogP contribution in [0.5, 0.6) is 0 Å². The van der Waals surface area contributed by atoms with Gasteiger partial charge in [-0.05, 0) is 38.4 Å². The molecule has 0 aliphatic rings. The summed E-state index contributed by atoms with van der Waals surface area (Å²) in [6, 6.07) is 8.23. The summed E-state index contributed by atoms with van der Waals surface area (Å²) < 4.78 is 0. The van der Waals surface area contributed by atoms with Gasteiger partial charge in [0.1, 0.15) is 0 Å². The largest absolute Gasteiger partial charge is 0.351 e. The van der Waals surface area contributed by atoms with Crippen molar-refractivity contribution < 1.29 is 4.79 Å². The van der Waals surface area contributed by atoms with Gasteiger partial charge in [0, 0.05) is 13.1 Å². The second-order valence-electron chi connectivity index (χ2n) is 4.60. The van der Waals surface area contributed by atoms with Crippen LogP contribution >= 0.6 is 11.8 Å². The summed E-state index contributed by atoms with van der Waals surface area (Å²) >= 11 is 1.56. The summed E-state index contributed by atoms with van der Waals surface area (Å²) in [6.45, 7) is 3.42. The van der Waals surface area contributed by atoms with E-state index in [2.05, 4.69) is 22.3 Å². The van der Waals surface area contributed by atoms with Crippen LogP contribution in [-0.4, -0.2) is 36.4 Å². The highest BCUT2D eigenvalue weighted by atomic mass is 32.2. The minimum atomic E-state index is 0.00557. The molecule has 100 valence electrons. The maximum atomic E-state index is 11.7. The van der Waals surface area contributed by atoms with Crippen molar-refractivity contribution in [1.29, 1.82) is 0 Å². The number of hydrogen-bond donors (Lipinski definition) is 1. The highest BCUT2D eigenvalue weighted by Crippen LogP contribution is 2.11. The van der Waals surface area contributed by atoms with Gasteiger partial charge in [0.2, 0.25) is 5.91 Å². The van der Waals surface area contributed by atoms with E-state index in [-0.39, 0.29) is 11.2 Å². The molecule has 0 aliphatic carbocycles. The molecule has 18 heavy (non-hydrogen) atoms. The van der Waals surface area contributed by atoms with Gasteiger partial charge in [0.05, 0.1) is 5.25 Å². The zero-order valence-corrected chi connectivity index (χ0v) is 12.4. The Hall–Kier alpha value is -1.00. The van der Waals surface area contributed by atoms with Gasteiger partial charge in [-0.2, -0.15) is 11.8 Å². The summed E-state index contributed by atoms with van der Waals surface area (Å²) in [5.41, 5.74) is 2.45. The van der Waals surface area contributed by atoms with E-state index in [1.807, 2.05) is 39.4 Å². The minimum absolute atomic E-state index is 0.00557. The van der Waals surface area contributed by atoms with Crippen LogP contribution in [0.1, 0.15) is 18.1 Å². The van der Waals surface area contributed by atoms with Crippen LogP contribution in [-0.2, 0) is 17.9 Å². The lowest BCUT2D eigenvalue weighted by Crippen LogP contribution is -2.30. The Bertz CT molecular complexity index is 393. The Morgan fingerprint density at radius 2 is 1.94 bits per heavy atom. The number of nitrogens with one attached hydrogen (secondary N) is 1. The van der Waals surface area contributed by atoms with Crippen LogP contribution in [0.25, 0.3) is 0 Å². The normalized spacial score (nSPS) is 12.5. The highest BCUT2D eigenvalue weighted by molar-refractivity contribution is 7.99. The molecule has 0 unspecified atom stereocenters. The molecule has 0 aromatic heterocycles. The Labute approximate surface area is 114 Å². The summed E-state index contributed by atoms with van der Waals surface area (Å²) in [4.78, 5) is 13.9. The lowest BCUT2D eigenvalue weighted by molar-refractivity contribution is -0.120. The lowest BCUT2D eigenvalue weighted by Gasteiger charge is -2.15. The van der Waals surface area contributed by atoms with E-state index < -0.39 is 0 Å². The summed E-state index contributed by atoms with van der Waals surface area (Å²) in [5.74, 6) is 0.0992. The third-order valence-corrected chi connectivity index (χ3v) is 3.70. The molecule has 0 fully saturated rings. The summed E-state index contributed by atoms with van der Waals surface area (Å²) in [7, 11) is 4.09. The number of carbonyl (C=O) groups excluding carboxylic acids is 1. The van der Waals surface area contributed by atoms with Gasteiger partial charge in [0.15, 0.2) is 0 Å². The zero-order valence-electron chi connectivity index (χ0n) is 11.6. The second kappa shape index (κ2) is 7.44. The van der Waals surface area contributed by atoms with E-state index in [0.29, 0.717) is 6.54 Å². The molecule has 1 atom stereocenters. The van der Waals surface area contributed by atoms with Crippen LogP contribution < -0.4 is 5.32 Å². The van der Waals surface area contributed by atoms with Crippen LogP contribution in [0.15, 0.2) is 24.3 Å². The number of carbonyl (C=O) groups is 1. The first kappa shape index (κ1) is 15.1. The highest BCUT2D eigenvalue weighted by Gasteiger charge is 2.11. The van der Waals surface area contributed by atoms with Crippen molar-refractivity contribution >= 4 is 17.7 Å². The first-order chi connectivity index (χ1) is 8.54. The molecule has 0 heterocycles. The molecule has 0 radical (unpaired) electrons. The van der Waals surface area contributed by atoms with E-state index in [1.165, 1.54) is 11.1 Å². The third kappa shape index (κ3) is 4.70. The number of amides is 1. The van der Waals surface area contributed by atoms with E-state index in [4.69, 9.17) is 0 Å². The fourth-order valence-electron chi connectivity index (χ4n) is 1.66. The molecule has 1 aromatic rings. The average Bonchev–Trinajstić information content (AvgIpc) is 2.35. The topological polar surface area (TPSA) is 32.3 Å². The van der Waals surface area contributed by atoms with Gasteiger partial charge in [-0.25, -0.2) is 0 Å². The fraction of sp³-hybridized carbons (Fsp3) is 0.500. The Kier molecular flexibility index (Phi) is 6.22. The summed E-state index contributed by atoms with van der Waals surface area (Å²) in [5, 5.41) is 2.99. The van der Waals surface area contributed by atoms with Crippen molar-refractivity contribution in [1.82, 2.24) is 10.2 Å². The van der Waals surface area contributed by atoms with E-state index in [0.717, 1.165) is 6.54 Å². The number of rotatable bonds is 6. The predicted molar refractivity (Wildman–Crippen MR) is 78.7 cm³/mol. The number of nitrogens with zero attached hydrogens (tertiary/aromatic N) is 1. The van der Waals surface area contributed by atoms with Crippen molar-refractivity contribution in [3.63, 3.8) is 0 Å². The van der Waals surface area contributed by atoms with Gasteiger partial charge >= 0.3 is 0 Å². The van der Waals surface area contributed by atoms with Crippen molar-refractivity contribution in [3.8, 4) is 0 Å². The molecular formula is C14H22N2OS.